The van der Waals surface area contributed by atoms with Gasteiger partial charge in [-0.25, -0.2) is 0 Å². The van der Waals surface area contributed by atoms with Crippen LogP contribution in [0.25, 0.3) is 110 Å². The van der Waals surface area contributed by atoms with E-state index in [1.807, 2.05) is 0 Å². The lowest BCUT2D eigenvalue weighted by Gasteiger charge is -2.16. The number of aromatic nitrogens is 4. The number of para-hydroxylation sites is 8. The molecule has 0 aliphatic carbocycles. The lowest BCUT2D eigenvalue weighted by atomic mass is 10.1. The third-order valence-electron chi connectivity index (χ3n) is 12.4. The molecular formula is C54H34N4. The van der Waals surface area contributed by atoms with Crippen molar-refractivity contribution >= 4 is 87.2 Å². The van der Waals surface area contributed by atoms with E-state index >= 15 is 0 Å². The van der Waals surface area contributed by atoms with E-state index in [1.54, 1.807) is 0 Å². The van der Waals surface area contributed by atoms with E-state index in [0.29, 0.717) is 0 Å². The van der Waals surface area contributed by atoms with E-state index in [4.69, 9.17) is 0 Å². The first-order chi connectivity index (χ1) is 28.8. The van der Waals surface area contributed by atoms with Gasteiger partial charge in [-0.3, -0.25) is 0 Å². The first-order valence-electron chi connectivity index (χ1n) is 20.0. The molecular weight excluding hydrogens is 705 g/mol. The molecule has 0 bridgehead atoms. The minimum Gasteiger partial charge on any atom is -0.309 e. The summed E-state index contributed by atoms with van der Waals surface area (Å²) in [6.45, 7) is 0. The Morgan fingerprint density at radius 1 is 0.190 bits per heavy atom. The summed E-state index contributed by atoms with van der Waals surface area (Å²) in [4.78, 5) is 0. The number of hydrogen-bond acceptors (Lipinski definition) is 0. The zero-order chi connectivity index (χ0) is 37.9. The van der Waals surface area contributed by atoms with Crippen molar-refractivity contribution in [1.29, 1.82) is 0 Å². The van der Waals surface area contributed by atoms with Crippen LogP contribution < -0.4 is 0 Å². The van der Waals surface area contributed by atoms with Crippen LogP contribution in [0, 0.1) is 0 Å². The zero-order valence-electron chi connectivity index (χ0n) is 31.4. The molecule has 0 saturated carbocycles. The van der Waals surface area contributed by atoms with Gasteiger partial charge in [0.2, 0.25) is 0 Å². The normalized spacial score (nSPS) is 12.1. The highest BCUT2D eigenvalue weighted by atomic mass is 15.1. The largest absolute Gasteiger partial charge is 0.309 e. The number of rotatable bonds is 4. The summed E-state index contributed by atoms with van der Waals surface area (Å²) in [6, 6.07) is 75.5. The Morgan fingerprint density at radius 2 is 0.431 bits per heavy atom. The van der Waals surface area contributed by atoms with Crippen molar-refractivity contribution in [3.05, 3.63) is 206 Å². The molecule has 13 rings (SSSR count). The van der Waals surface area contributed by atoms with Crippen LogP contribution in [0.4, 0.5) is 0 Å². The average Bonchev–Trinajstić information content (AvgIpc) is 4.01. The standard InChI is InChI=1S/C54H34N4/c1-7-21-45-37(15-1)38-16-2-8-22-46(38)55(45)35-29-31-51-43(33-35)41-19-5-9-23-47(41)56(51)36-30-32-52-44(34-36)42-20-6-12-26-50(42)58(52)54-28-14-13-27-53(54)57-48-24-10-3-17-39(48)40-18-4-11-25-49(40)57/h1-34H. The van der Waals surface area contributed by atoms with Gasteiger partial charge in [-0.2, -0.15) is 0 Å². The van der Waals surface area contributed by atoms with Crippen LogP contribution in [-0.4, -0.2) is 18.3 Å². The highest BCUT2D eigenvalue weighted by molar-refractivity contribution is 6.14. The molecule has 0 amide bonds. The number of hydrogen-bond donors (Lipinski definition) is 0. The van der Waals surface area contributed by atoms with Gasteiger partial charge in [0, 0.05) is 54.5 Å². The second-order valence-electron chi connectivity index (χ2n) is 15.3. The Hall–Kier alpha value is -7.82. The Balaban J connectivity index is 1.04. The second-order valence-corrected chi connectivity index (χ2v) is 15.3. The van der Waals surface area contributed by atoms with Gasteiger partial charge in [-0.05, 0) is 84.9 Å². The van der Waals surface area contributed by atoms with E-state index in [-0.39, 0.29) is 0 Å². The molecule has 0 unspecified atom stereocenters. The van der Waals surface area contributed by atoms with Crippen LogP contribution in [0.15, 0.2) is 206 Å². The Bertz CT molecular complexity index is 3700. The number of nitrogens with zero attached hydrogens (tertiary/aromatic N) is 4. The minimum atomic E-state index is 1.14. The first-order valence-corrected chi connectivity index (χ1v) is 20.0. The third-order valence-corrected chi connectivity index (χ3v) is 12.4. The fourth-order valence-electron chi connectivity index (χ4n) is 9.96. The Labute approximate surface area is 333 Å². The van der Waals surface area contributed by atoms with Crippen LogP contribution in [0.2, 0.25) is 0 Å². The topological polar surface area (TPSA) is 19.7 Å². The maximum Gasteiger partial charge on any atom is 0.0702 e. The molecule has 0 saturated heterocycles. The summed E-state index contributed by atoms with van der Waals surface area (Å²) in [7, 11) is 0. The molecule has 0 spiro atoms. The van der Waals surface area contributed by atoms with Crippen LogP contribution in [0.1, 0.15) is 0 Å². The van der Waals surface area contributed by atoms with E-state index in [2.05, 4.69) is 225 Å². The SMILES string of the molecule is c1ccc(-n2c3ccccc3c3cc(-n4c5ccccc5c5cc(-n6c7ccccc7c7ccccc76)ccc54)ccc32)c(-n2c3ccccc3c3ccccc32)c1. The maximum absolute atomic E-state index is 2.46. The maximum atomic E-state index is 2.46. The summed E-state index contributed by atoms with van der Waals surface area (Å²) >= 11 is 0. The van der Waals surface area contributed by atoms with Gasteiger partial charge in [0.1, 0.15) is 0 Å². The Kier molecular flexibility index (Phi) is 6.41. The lowest BCUT2D eigenvalue weighted by Crippen LogP contribution is -2.03. The summed E-state index contributed by atoms with van der Waals surface area (Å²) in [5, 5.41) is 9.97. The van der Waals surface area contributed by atoms with Gasteiger partial charge in [-0.1, -0.05) is 121 Å². The summed E-state index contributed by atoms with van der Waals surface area (Å²) in [6.07, 6.45) is 0. The summed E-state index contributed by atoms with van der Waals surface area (Å²) in [5.41, 5.74) is 14.2. The van der Waals surface area contributed by atoms with Crippen LogP contribution in [-0.2, 0) is 0 Å². The Morgan fingerprint density at radius 3 is 0.776 bits per heavy atom. The minimum absolute atomic E-state index is 1.14. The average molecular weight is 739 g/mol. The van der Waals surface area contributed by atoms with Gasteiger partial charge in [0.05, 0.1) is 55.5 Å². The van der Waals surface area contributed by atoms with Crippen molar-refractivity contribution in [2.75, 3.05) is 0 Å². The lowest BCUT2D eigenvalue weighted by molar-refractivity contribution is 1.09. The number of fused-ring (bicyclic) bond motifs is 12. The molecule has 9 aromatic carbocycles. The molecule has 0 aliphatic rings. The second kappa shape index (κ2) is 11.8. The molecule has 4 heterocycles. The molecule has 0 fully saturated rings. The molecule has 13 aromatic rings. The fraction of sp³-hybridized carbons (Fsp3) is 0. The van der Waals surface area contributed by atoms with Gasteiger partial charge in [0.25, 0.3) is 0 Å². The van der Waals surface area contributed by atoms with Crippen molar-refractivity contribution in [3.63, 3.8) is 0 Å². The molecule has 4 aromatic heterocycles. The monoisotopic (exact) mass is 738 g/mol. The zero-order valence-corrected chi connectivity index (χ0v) is 31.4. The smallest absolute Gasteiger partial charge is 0.0702 e. The fourth-order valence-corrected chi connectivity index (χ4v) is 9.96. The summed E-state index contributed by atoms with van der Waals surface area (Å²) in [5.74, 6) is 0. The van der Waals surface area contributed by atoms with Gasteiger partial charge in [0.15, 0.2) is 0 Å². The molecule has 58 heavy (non-hydrogen) atoms. The van der Waals surface area contributed by atoms with E-state index in [0.717, 1.165) is 22.7 Å². The van der Waals surface area contributed by atoms with Gasteiger partial charge in [-0.15, -0.1) is 0 Å². The van der Waals surface area contributed by atoms with Crippen LogP contribution >= 0.6 is 0 Å². The van der Waals surface area contributed by atoms with Gasteiger partial charge >= 0.3 is 0 Å². The molecule has 0 radical (unpaired) electrons. The van der Waals surface area contributed by atoms with Crippen LogP contribution in [0.5, 0.6) is 0 Å². The van der Waals surface area contributed by atoms with Crippen molar-refractivity contribution in [2.45, 2.75) is 0 Å². The summed E-state index contributed by atoms with van der Waals surface area (Å²) < 4.78 is 9.74. The van der Waals surface area contributed by atoms with E-state index in [1.165, 1.54) is 87.2 Å². The number of benzene rings is 9. The van der Waals surface area contributed by atoms with E-state index < -0.39 is 0 Å². The molecule has 0 N–H and O–H groups in total. The highest BCUT2D eigenvalue weighted by Crippen LogP contribution is 2.41. The van der Waals surface area contributed by atoms with Crippen molar-refractivity contribution in [2.24, 2.45) is 0 Å². The van der Waals surface area contributed by atoms with Crippen molar-refractivity contribution in [3.8, 4) is 22.7 Å². The first kappa shape index (κ1) is 31.4. The van der Waals surface area contributed by atoms with Gasteiger partial charge < -0.3 is 18.3 Å². The predicted octanol–water partition coefficient (Wildman–Crippen LogP) is 14.1. The third kappa shape index (κ3) is 4.23. The van der Waals surface area contributed by atoms with Crippen molar-refractivity contribution in [1.82, 2.24) is 18.3 Å². The van der Waals surface area contributed by atoms with Crippen molar-refractivity contribution < 1.29 is 0 Å². The molecule has 0 aliphatic heterocycles. The predicted molar refractivity (Wildman–Crippen MR) is 244 cm³/mol. The molecule has 0 atom stereocenters. The van der Waals surface area contributed by atoms with E-state index in [9.17, 15) is 0 Å². The molecule has 4 nitrogen and oxygen atoms in total. The van der Waals surface area contributed by atoms with Crippen LogP contribution in [0.3, 0.4) is 0 Å². The highest BCUT2D eigenvalue weighted by Gasteiger charge is 2.21. The quantitative estimate of drug-likeness (QED) is 0.171. The molecule has 270 valence electrons. The molecule has 4 heteroatoms.